The first-order chi connectivity index (χ1) is 7.04. The number of aryl methyl sites for hydroxylation is 2. The predicted octanol–water partition coefficient (Wildman–Crippen LogP) is 2.12. The summed E-state index contributed by atoms with van der Waals surface area (Å²) in [5.74, 6) is 0.0262. The summed E-state index contributed by atoms with van der Waals surface area (Å²) < 4.78 is 0. The fraction of sp³-hybridized carbons (Fsp3) is 0.545. The highest BCUT2D eigenvalue weighted by atomic mass is 35.5. The summed E-state index contributed by atoms with van der Waals surface area (Å²) >= 11 is 1.55. The second-order valence-corrected chi connectivity index (χ2v) is 5.01. The molecule has 1 rings (SSSR count). The second kappa shape index (κ2) is 6.89. The molecule has 92 valence electrons. The van der Waals surface area contributed by atoms with Crippen LogP contribution in [0.2, 0.25) is 0 Å². The fourth-order valence-electron chi connectivity index (χ4n) is 1.12. The molecular formula is C11H19ClN2OS. The van der Waals surface area contributed by atoms with E-state index in [-0.39, 0.29) is 18.3 Å². The van der Waals surface area contributed by atoms with E-state index in [2.05, 4.69) is 10.6 Å². The van der Waals surface area contributed by atoms with E-state index in [4.69, 9.17) is 0 Å². The molecule has 5 heteroatoms. The Balaban J connectivity index is 0.00000225. The molecule has 1 atom stereocenters. The Morgan fingerprint density at radius 1 is 1.50 bits per heavy atom. The van der Waals surface area contributed by atoms with Crippen molar-refractivity contribution in [1.82, 2.24) is 10.6 Å². The van der Waals surface area contributed by atoms with Gasteiger partial charge in [-0.2, -0.15) is 0 Å². The van der Waals surface area contributed by atoms with Crippen LogP contribution in [0.5, 0.6) is 0 Å². The molecule has 0 radical (unpaired) electrons. The van der Waals surface area contributed by atoms with Crippen molar-refractivity contribution in [3.63, 3.8) is 0 Å². The summed E-state index contributed by atoms with van der Waals surface area (Å²) in [6.45, 7) is 6.75. The van der Waals surface area contributed by atoms with Crippen LogP contribution in [0.3, 0.4) is 0 Å². The minimum Gasteiger partial charge on any atom is -0.350 e. The van der Waals surface area contributed by atoms with Crippen LogP contribution < -0.4 is 10.6 Å². The summed E-state index contributed by atoms with van der Waals surface area (Å²) in [5.41, 5.74) is 1.19. The number of hydrogen-bond acceptors (Lipinski definition) is 3. The summed E-state index contributed by atoms with van der Waals surface area (Å²) in [6.07, 6.45) is 0. The Morgan fingerprint density at radius 2 is 2.12 bits per heavy atom. The lowest BCUT2D eigenvalue weighted by molar-refractivity contribution is 0.0954. The minimum absolute atomic E-state index is 0. The third kappa shape index (κ3) is 4.12. The van der Waals surface area contributed by atoms with Crippen LogP contribution in [-0.2, 0) is 0 Å². The highest BCUT2D eigenvalue weighted by molar-refractivity contribution is 7.14. The van der Waals surface area contributed by atoms with Crippen molar-refractivity contribution in [3.05, 3.63) is 21.4 Å². The van der Waals surface area contributed by atoms with Crippen molar-refractivity contribution in [1.29, 1.82) is 0 Å². The van der Waals surface area contributed by atoms with Crippen LogP contribution in [0, 0.1) is 13.8 Å². The van der Waals surface area contributed by atoms with E-state index in [9.17, 15) is 4.79 Å². The average Bonchev–Trinajstić information content (AvgIpc) is 2.55. The van der Waals surface area contributed by atoms with Crippen molar-refractivity contribution in [3.8, 4) is 0 Å². The number of thiophene rings is 1. The van der Waals surface area contributed by atoms with Gasteiger partial charge in [0, 0.05) is 17.5 Å². The Bertz CT molecular complexity index is 332. The zero-order chi connectivity index (χ0) is 11.4. The first-order valence-corrected chi connectivity index (χ1v) is 5.88. The highest BCUT2D eigenvalue weighted by Crippen LogP contribution is 2.20. The van der Waals surface area contributed by atoms with Gasteiger partial charge in [0.25, 0.3) is 5.91 Å². The van der Waals surface area contributed by atoms with Crippen LogP contribution in [-0.4, -0.2) is 25.5 Å². The lowest BCUT2D eigenvalue weighted by atomic mass is 10.3. The van der Waals surface area contributed by atoms with Gasteiger partial charge in [0.15, 0.2) is 0 Å². The smallest absolute Gasteiger partial charge is 0.261 e. The Kier molecular flexibility index (Phi) is 6.64. The van der Waals surface area contributed by atoms with Gasteiger partial charge in [-0.1, -0.05) is 0 Å². The molecule has 0 aliphatic rings. The maximum absolute atomic E-state index is 11.7. The molecule has 16 heavy (non-hydrogen) atoms. The van der Waals surface area contributed by atoms with E-state index in [0.29, 0.717) is 12.6 Å². The third-order valence-electron chi connectivity index (χ3n) is 2.45. The first kappa shape index (κ1) is 15.4. The normalized spacial score (nSPS) is 11.8. The molecule has 1 amide bonds. The molecule has 3 nitrogen and oxygen atoms in total. The molecule has 0 saturated carbocycles. The lowest BCUT2D eigenvalue weighted by Crippen LogP contribution is -2.36. The van der Waals surface area contributed by atoms with E-state index in [1.807, 2.05) is 33.9 Å². The summed E-state index contributed by atoms with van der Waals surface area (Å²) in [5, 5.41) is 5.98. The van der Waals surface area contributed by atoms with Gasteiger partial charge in [-0.05, 0) is 39.4 Å². The molecule has 1 heterocycles. The van der Waals surface area contributed by atoms with Gasteiger partial charge in [-0.25, -0.2) is 0 Å². The molecule has 0 aromatic carbocycles. The van der Waals surface area contributed by atoms with E-state index in [1.54, 1.807) is 11.3 Å². The van der Waals surface area contributed by atoms with E-state index >= 15 is 0 Å². The molecule has 1 aromatic heterocycles. The van der Waals surface area contributed by atoms with Crippen molar-refractivity contribution < 1.29 is 4.79 Å². The molecule has 0 aliphatic heterocycles. The molecule has 0 saturated heterocycles. The van der Waals surface area contributed by atoms with Gasteiger partial charge in [-0.15, -0.1) is 23.7 Å². The predicted molar refractivity (Wildman–Crippen MR) is 71.9 cm³/mol. The van der Waals surface area contributed by atoms with E-state index in [1.165, 1.54) is 10.4 Å². The Morgan fingerprint density at radius 3 is 2.56 bits per heavy atom. The lowest BCUT2D eigenvalue weighted by Gasteiger charge is -2.10. The number of halogens is 1. The molecule has 0 aliphatic carbocycles. The standard InChI is InChI=1S/C11H18N2OS.ClH/c1-7-5-10(15-9(7)3)11(14)13-6-8(2)12-4;/h5,8,12H,6H2,1-4H3,(H,13,14);1H. The van der Waals surface area contributed by atoms with Gasteiger partial charge in [0.2, 0.25) is 0 Å². The van der Waals surface area contributed by atoms with Crippen molar-refractivity contribution in [2.45, 2.75) is 26.8 Å². The zero-order valence-electron chi connectivity index (χ0n) is 10.1. The van der Waals surface area contributed by atoms with Gasteiger partial charge >= 0.3 is 0 Å². The molecule has 0 fully saturated rings. The topological polar surface area (TPSA) is 41.1 Å². The molecule has 1 unspecified atom stereocenters. The Hall–Kier alpha value is -0.580. The minimum atomic E-state index is 0. The molecule has 0 bridgehead atoms. The van der Waals surface area contributed by atoms with Crippen molar-refractivity contribution in [2.75, 3.05) is 13.6 Å². The average molecular weight is 263 g/mol. The van der Waals surface area contributed by atoms with Gasteiger partial charge in [0.1, 0.15) is 0 Å². The number of carbonyl (C=O) groups is 1. The van der Waals surface area contributed by atoms with Gasteiger partial charge in [-0.3, -0.25) is 4.79 Å². The van der Waals surface area contributed by atoms with Crippen LogP contribution in [0.15, 0.2) is 6.07 Å². The van der Waals surface area contributed by atoms with E-state index < -0.39 is 0 Å². The summed E-state index contributed by atoms with van der Waals surface area (Å²) in [6, 6.07) is 2.25. The fourth-order valence-corrected chi connectivity index (χ4v) is 2.07. The largest absolute Gasteiger partial charge is 0.350 e. The quantitative estimate of drug-likeness (QED) is 0.873. The van der Waals surface area contributed by atoms with Gasteiger partial charge < -0.3 is 10.6 Å². The second-order valence-electron chi connectivity index (χ2n) is 3.75. The molecule has 2 N–H and O–H groups in total. The van der Waals surface area contributed by atoms with Crippen LogP contribution in [0.4, 0.5) is 0 Å². The number of carbonyl (C=O) groups excluding carboxylic acids is 1. The number of nitrogens with one attached hydrogen (secondary N) is 2. The molecule has 1 aromatic rings. The van der Waals surface area contributed by atoms with Gasteiger partial charge in [0.05, 0.1) is 4.88 Å². The summed E-state index contributed by atoms with van der Waals surface area (Å²) in [7, 11) is 1.89. The van der Waals surface area contributed by atoms with Crippen molar-refractivity contribution in [2.24, 2.45) is 0 Å². The van der Waals surface area contributed by atoms with Crippen LogP contribution in [0.25, 0.3) is 0 Å². The Labute approximate surface area is 107 Å². The molecular weight excluding hydrogens is 244 g/mol. The number of rotatable bonds is 4. The maximum Gasteiger partial charge on any atom is 0.261 e. The van der Waals surface area contributed by atoms with E-state index in [0.717, 1.165) is 4.88 Å². The number of likely N-dealkylation sites (N-methyl/N-ethyl adjacent to an activating group) is 1. The maximum atomic E-state index is 11.7. The van der Waals surface area contributed by atoms with Crippen LogP contribution in [0.1, 0.15) is 27.0 Å². The highest BCUT2D eigenvalue weighted by Gasteiger charge is 2.10. The molecule has 0 spiro atoms. The van der Waals surface area contributed by atoms with Crippen LogP contribution >= 0.6 is 23.7 Å². The number of amides is 1. The summed E-state index contributed by atoms with van der Waals surface area (Å²) in [4.78, 5) is 13.7. The zero-order valence-corrected chi connectivity index (χ0v) is 11.7. The number of hydrogen-bond donors (Lipinski definition) is 2. The van der Waals surface area contributed by atoms with Crippen molar-refractivity contribution >= 4 is 29.7 Å². The SMILES string of the molecule is CNC(C)CNC(=O)c1cc(C)c(C)s1.Cl. The first-order valence-electron chi connectivity index (χ1n) is 5.07. The third-order valence-corrected chi connectivity index (χ3v) is 3.60. The monoisotopic (exact) mass is 262 g/mol.